The van der Waals surface area contributed by atoms with Crippen LogP contribution in [-0.4, -0.2) is 36.6 Å². The van der Waals surface area contributed by atoms with E-state index in [0.29, 0.717) is 33.6 Å². The number of anilines is 4. The summed E-state index contributed by atoms with van der Waals surface area (Å²) in [6.07, 6.45) is 5.27. The zero-order valence-corrected chi connectivity index (χ0v) is 22.1. The zero-order valence-electron chi connectivity index (χ0n) is 22.1. The first kappa shape index (κ1) is 25.2. The highest BCUT2D eigenvalue weighted by Crippen LogP contribution is 2.40. The number of nitrogens with one attached hydrogen (secondary N) is 1. The number of fused-ring (bicyclic) bond motifs is 2. The van der Waals surface area contributed by atoms with Gasteiger partial charge >= 0.3 is 0 Å². The summed E-state index contributed by atoms with van der Waals surface area (Å²) in [5.74, 6) is -0.311. The standard InChI is InChI=1S/C33H31N3O2/c1-4-5-11-23-16-18-24(19-17-23)34-28-20-21-29(36(22-35(2)3)25-12-7-6-8-13-25)31-30(28)32(37)26-14-9-10-15-27(26)33(31)38/h6-10,12-22H,4-5,11H2,1-3H3/p+1. The molecule has 0 saturated carbocycles. The molecule has 5 nitrogen and oxygen atoms in total. The quantitative estimate of drug-likeness (QED) is 0.141. The van der Waals surface area contributed by atoms with Crippen molar-refractivity contribution in [1.82, 2.24) is 0 Å². The molecule has 5 heteroatoms. The fourth-order valence-electron chi connectivity index (χ4n) is 4.89. The van der Waals surface area contributed by atoms with Crippen molar-refractivity contribution in [2.75, 3.05) is 24.3 Å². The molecule has 4 aromatic rings. The van der Waals surface area contributed by atoms with Crippen molar-refractivity contribution in [3.8, 4) is 0 Å². The number of ketones is 2. The number of carbonyl (C=O) groups excluding carboxylic acids is 2. The Morgan fingerprint density at radius 1 is 0.763 bits per heavy atom. The summed E-state index contributed by atoms with van der Waals surface area (Å²) in [6, 6.07) is 29.0. The zero-order chi connectivity index (χ0) is 26.6. The third-order valence-electron chi connectivity index (χ3n) is 6.75. The number of benzene rings is 4. The Morgan fingerprint density at radius 3 is 2.03 bits per heavy atom. The van der Waals surface area contributed by atoms with Crippen molar-refractivity contribution in [2.45, 2.75) is 26.2 Å². The molecule has 1 N–H and O–H groups in total. The van der Waals surface area contributed by atoms with Crippen LogP contribution in [-0.2, 0) is 6.42 Å². The average Bonchev–Trinajstić information content (AvgIpc) is 2.94. The Kier molecular flexibility index (Phi) is 7.18. The van der Waals surface area contributed by atoms with E-state index in [1.54, 1.807) is 24.3 Å². The summed E-state index contributed by atoms with van der Waals surface area (Å²) >= 11 is 0. The Morgan fingerprint density at radius 2 is 1.39 bits per heavy atom. The molecule has 0 fully saturated rings. The van der Waals surface area contributed by atoms with Gasteiger partial charge in [-0.15, -0.1) is 0 Å². The number of para-hydroxylation sites is 1. The van der Waals surface area contributed by atoms with Crippen molar-refractivity contribution in [1.29, 1.82) is 0 Å². The summed E-state index contributed by atoms with van der Waals surface area (Å²) in [7, 11) is 3.87. The van der Waals surface area contributed by atoms with E-state index >= 15 is 0 Å². The highest BCUT2D eigenvalue weighted by Gasteiger charge is 2.37. The number of hydrogen-bond acceptors (Lipinski definition) is 3. The van der Waals surface area contributed by atoms with Gasteiger partial charge in [0, 0.05) is 16.8 Å². The summed E-state index contributed by atoms with van der Waals surface area (Å²) in [5, 5.41) is 3.43. The summed E-state index contributed by atoms with van der Waals surface area (Å²) in [5.41, 5.74) is 6.00. The third kappa shape index (κ3) is 4.88. The van der Waals surface area contributed by atoms with Gasteiger partial charge in [-0.05, 0) is 54.8 Å². The molecule has 38 heavy (non-hydrogen) atoms. The fourth-order valence-corrected chi connectivity index (χ4v) is 4.89. The molecule has 190 valence electrons. The van der Waals surface area contributed by atoms with Gasteiger partial charge in [-0.25, -0.2) is 0 Å². The molecule has 0 aromatic heterocycles. The predicted octanol–water partition coefficient (Wildman–Crippen LogP) is 6.99. The Bertz CT molecular complexity index is 1520. The molecule has 0 atom stereocenters. The van der Waals surface area contributed by atoms with Crippen LogP contribution in [0.3, 0.4) is 0 Å². The molecule has 4 aromatic carbocycles. The highest BCUT2D eigenvalue weighted by atomic mass is 16.1. The Labute approximate surface area is 224 Å². The monoisotopic (exact) mass is 502 g/mol. The van der Waals surface area contributed by atoms with Gasteiger partial charge in [0.1, 0.15) is 11.4 Å². The van der Waals surface area contributed by atoms with Gasteiger partial charge in [0.2, 0.25) is 6.34 Å². The van der Waals surface area contributed by atoms with E-state index in [2.05, 4.69) is 24.4 Å². The van der Waals surface area contributed by atoms with Crippen molar-refractivity contribution < 1.29 is 14.2 Å². The minimum Gasteiger partial charge on any atom is -0.355 e. The summed E-state index contributed by atoms with van der Waals surface area (Å²) < 4.78 is 1.93. The van der Waals surface area contributed by atoms with E-state index in [1.807, 2.05) is 84.5 Å². The SMILES string of the molecule is CCCCc1ccc(Nc2ccc(N(C=[N+](C)C)c3ccccc3)c3c2C(=O)c2ccccc2C3=O)cc1. The maximum Gasteiger partial charge on any atom is 0.244 e. The van der Waals surface area contributed by atoms with E-state index in [0.717, 1.165) is 30.6 Å². The highest BCUT2D eigenvalue weighted by molar-refractivity contribution is 6.32. The smallest absolute Gasteiger partial charge is 0.244 e. The second-order valence-electron chi connectivity index (χ2n) is 9.80. The predicted molar refractivity (Wildman–Crippen MR) is 155 cm³/mol. The van der Waals surface area contributed by atoms with Crippen LogP contribution in [0.2, 0.25) is 0 Å². The van der Waals surface area contributed by atoms with Crippen molar-refractivity contribution >= 4 is 40.7 Å². The lowest BCUT2D eigenvalue weighted by Crippen LogP contribution is -2.28. The molecule has 0 spiro atoms. The summed E-state index contributed by atoms with van der Waals surface area (Å²) in [6.45, 7) is 2.19. The lowest BCUT2D eigenvalue weighted by molar-refractivity contribution is -0.460. The maximum absolute atomic E-state index is 14.0. The Hall–Kier alpha value is -4.51. The van der Waals surface area contributed by atoms with Crippen LogP contribution in [0.25, 0.3) is 0 Å². The maximum atomic E-state index is 14.0. The molecule has 0 bridgehead atoms. The van der Waals surface area contributed by atoms with Crippen LogP contribution in [0.15, 0.2) is 91.0 Å². The van der Waals surface area contributed by atoms with E-state index in [9.17, 15) is 9.59 Å². The molecular weight excluding hydrogens is 470 g/mol. The van der Waals surface area contributed by atoms with E-state index in [-0.39, 0.29) is 11.6 Å². The van der Waals surface area contributed by atoms with Crippen LogP contribution in [0, 0.1) is 0 Å². The normalized spacial score (nSPS) is 12.0. The third-order valence-corrected chi connectivity index (χ3v) is 6.75. The number of aryl methyl sites for hydroxylation is 1. The van der Waals surface area contributed by atoms with Crippen LogP contribution in [0.1, 0.15) is 57.2 Å². The molecule has 0 amide bonds. The van der Waals surface area contributed by atoms with Gasteiger partial charge in [0.05, 0.1) is 30.9 Å². The van der Waals surface area contributed by atoms with Crippen molar-refractivity contribution in [3.63, 3.8) is 0 Å². The van der Waals surface area contributed by atoms with Crippen LogP contribution >= 0.6 is 0 Å². The number of rotatable bonds is 8. The number of unbranched alkanes of at least 4 members (excludes halogenated alkanes) is 1. The van der Waals surface area contributed by atoms with Crippen molar-refractivity contribution in [3.05, 3.63) is 119 Å². The van der Waals surface area contributed by atoms with Crippen LogP contribution in [0.5, 0.6) is 0 Å². The van der Waals surface area contributed by atoms with Gasteiger partial charge in [0.15, 0.2) is 11.6 Å². The van der Waals surface area contributed by atoms with Gasteiger partial charge in [0.25, 0.3) is 0 Å². The number of hydrogen-bond donors (Lipinski definition) is 1. The van der Waals surface area contributed by atoms with Crippen LogP contribution in [0.4, 0.5) is 22.7 Å². The van der Waals surface area contributed by atoms with E-state index in [4.69, 9.17) is 0 Å². The van der Waals surface area contributed by atoms with Gasteiger partial charge in [-0.3, -0.25) is 14.2 Å². The second kappa shape index (κ2) is 10.9. The molecule has 1 aliphatic rings. The molecule has 0 unspecified atom stereocenters. The summed E-state index contributed by atoms with van der Waals surface area (Å²) in [4.78, 5) is 29.9. The lowest BCUT2D eigenvalue weighted by Gasteiger charge is -2.25. The minimum atomic E-state index is -0.156. The Balaban J connectivity index is 1.66. The lowest BCUT2D eigenvalue weighted by atomic mass is 9.82. The second-order valence-corrected chi connectivity index (χ2v) is 9.80. The van der Waals surface area contributed by atoms with E-state index in [1.165, 1.54) is 5.56 Å². The average molecular weight is 503 g/mol. The first-order valence-electron chi connectivity index (χ1n) is 13.0. The first-order valence-corrected chi connectivity index (χ1v) is 13.0. The molecule has 0 aliphatic heterocycles. The number of carbonyl (C=O) groups is 2. The van der Waals surface area contributed by atoms with Crippen molar-refractivity contribution in [2.24, 2.45) is 0 Å². The molecule has 5 rings (SSSR count). The first-order chi connectivity index (χ1) is 18.5. The van der Waals surface area contributed by atoms with Gasteiger partial charge in [-0.1, -0.05) is 67.9 Å². The van der Waals surface area contributed by atoms with E-state index < -0.39 is 0 Å². The largest absolute Gasteiger partial charge is 0.355 e. The topological polar surface area (TPSA) is 52.4 Å². The number of nitrogens with zero attached hydrogens (tertiary/aromatic N) is 2. The van der Waals surface area contributed by atoms with Crippen LogP contribution < -0.4 is 10.2 Å². The molecule has 0 saturated heterocycles. The van der Waals surface area contributed by atoms with Gasteiger partial charge in [-0.2, -0.15) is 4.90 Å². The van der Waals surface area contributed by atoms with Gasteiger partial charge < -0.3 is 5.32 Å². The molecular formula is C33H32N3O2+. The molecule has 0 radical (unpaired) electrons. The minimum absolute atomic E-state index is 0.156. The molecule has 1 aliphatic carbocycles. The fraction of sp³-hybridized carbons (Fsp3) is 0.182. The molecule has 0 heterocycles.